The number of aliphatic hydroxyl groups is 1. The van der Waals surface area contributed by atoms with Crippen molar-refractivity contribution < 1.29 is 80.2 Å². The molecule has 0 heterocycles. The summed E-state index contributed by atoms with van der Waals surface area (Å²) in [6, 6.07) is 0. The fourth-order valence-corrected chi connectivity index (χ4v) is 11.5. The summed E-state index contributed by atoms with van der Waals surface area (Å²) in [7, 11) is -10.00. The zero-order valence-electron chi connectivity index (χ0n) is 64.6. The van der Waals surface area contributed by atoms with Crippen LogP contribution in [0.25, 0.3) is 0 Å². The third kappa shape index (κ3) is 74.9. The Balaban J connectivity index is 5.45. The molecule has 0 aliphatic carbocycles. The lowest BCUT2D eigenvalue weighted by molar-refractivity contribution is -0.161. The largest absolute Gasteiger partial charge is 0.472 e. The number of unbranched alkanes of at least 4 members (excludes halogenated alkanes) is 21. The number of hydrogen-bond donors (Lipinski definition) is 3. The first-order valence-corrected chi connectivity index (χ1v) is 42.7. The highest BCUT2D eigenvalue weighted by Gasteiger charge is 2.30. The van der Waals surface area contributed by atoms with Gasteiger partial charge in [0.25, 0.3) is 0 Å². The van der Waals surface area contributed by atoms with Gasteiger partial charge in [-0.15, -0.1) is 0 Å². The predicted octanol–water partition coefficient (Wildman–Crippen LogP) is 23.2. The molecule has 5 atom stereocenters. The molecule has 0 aliphatic heterocycles. The summed E-state index contributed by atoms with van der Waals surface area (Å²) in [5.74, 6) is -2.31. The van der Waals surface area contributed by atoms with Crippen LogP contribution in [0.15, 0.2) is 158 Å². The molecule has 5 unspecified atom stereocenters. The van der Waals surface area contributed by atoms with Crippen LogP contribution in [-0.2, 0) is 65.4 Å². The van der Waals surface area contributed by atoms with Gasteiger partial charge in [-0.3, -0.25) is 37.3 Å². The molecule has 0 saturated carbocycles. The number of aliphatic hydroxyl groups excluding tert-OH is 1. The number of hydrogen-bond acceptors (Lipinski definition) is 15. The van der Waals surface area contributed by atoms with Gasteiger partial charge in [-0.25, -0.2) is 9.13 Å². The maximum atomic E-state index is 13.1. The molecule has 0 amide bonds. The normalized spacial score (nSPS) is 14.7. The number of phosphoric acid groups is 2. The van der Waals surface area contributed by atoms with E-state index in [2.05, 4.69) is 174 Å². The van der Waals surface area contributed by atoms with Crippen LogP contribution in [0.5, 0.6) is 0 Å². The van der Waals surface area contributed by atoms with Crippen molar-refractivity contribution in [3.05, 3.63) is 158 Å². The molecule has 19 heteroatoms. The van der Waals surface area contributed by atoms with Crippen LogP contribution >= 0.6 is 15.6 Å². The number of phosphoric ester groups is 2. The molecular weight excluding hydrogens is 1350 g/mol. The molecule has 0 aliphatic rings. The highest BCUT2D eigenvalue weighted by molar-refractivity contribution is 7.47. The van der Waals surface area contributed by atoms with Crippen molar-refractivity contribution in [1.29, 1.82) is 0 Å². The van der Waals surface area contributed by atoms with Crippen LogP contribution in [0.1, 0.15) is 297 Å². The molecule has 0 aromatic rings. The average Bonchev–Trinajstić information content (AvgIpc) is 0.911. The van der Waals surface area contributed by atoms with Crippen LogP contribution < -0.4 is 0 Å². The number of carbonyl (C=O) groups excluding carboxylic acids is 4. The predicted molar refractivity (Wildman–Crippen MR) is 427 cm³/mol. The van der Waals surface area contributed by atoms with E-state index in [4.69, 9.17) is 37.0 Å². The molecule has 0 spiro atoms. The Labute approximate surface area is 629 Å². The second-order valence-corrected chi connectivity index (χ2v) is 28.8. The molecule has 0 rings (SSSR count). The highest BCUT2D eigenvalue weighted by atomic mass is 31.2. The van der Waals surface area contributed by atoms with Crippen molar-refractivity contribution in [2.24, 2.45) is 0 Å². The van der Waals surface area contributed by atoms with Crippen molar-refractivity contribution in [1.82, 2.24) is 0 Å². The van der Waals surface area contributed by atoms with Crippen molar-refractivity contribution in [2.75, 3.05) is 39.6 Å². The number of ether oxygens (including phenoxy) is 4. The van der Waals surface area contributed by atoms with Gasteiger partial charge < -0.3 is 33.8 Å². The Morgan fingerprint density at radius 2 is 0.529 bits per heavy atom. The summed E-state index contributed by atoms with van der Waals surface area (Å²) in [6.45, 7) is 4.44. The van der Waals surface area contributed by atoms with Crippen LogP contribution in [0, 0.1) is 0 Å². The van der Waals surface area contributed by atoms with Gasteiger partial charge in [0.2, 0.25) is 0 Å². The van der Waals surface area contributed by atoms with Gasteiger partial charge in [0.1, 0.15) is 19.3 Å². The number of carbonyl (C=O) groups is 4. The molecule has 3 N–H and O–H groups in total. The van der Waals surface area contributed by atoms with E-state index >= 15 is 0 Å². The summed E-state index contributed by atoms with van der Waals surface area (Å²) in [6.07, 6.45) is 88.0. The van der Waals surface area contributed by atoms with Crippen molar-refractivity contribution in [3.8, 4) is 0 Å². The molecule has 104 heavy (non-hydrogen) atoms. The highest BCUT2D eigenvalue weighted by Crippen LogP contribution is 2.45. The van der Waals surface area contributed by atoms with Crippen molar-refractivity contribution in [2.45, 2.75) is 316 Å². The van der Waals surface area contributed by atoms with Gasteiger partial charge in [-0.2, -0.15) is 0 Å². The Hall–Kier alpha value is -5.32. The van der Waals surface area contributed by atoms with Crippen LogP contribution in [0.4, 0.5) is 0 Å². The zero-order valence-corrected chi connectivity index (χ0v) is 66.4. The molecule has 0 aromatic carbocycles. The third-order valence-electron chi connectivity index (χ3n) is 15.9. The van der Waals surface area contributed by atoms with E-state index in [-0.39, 0.29) is 25.7 Å². The molecule has 17 nitrogen and oxygen atoms in total. The van der Waals surface area contributed by atoms with Gasteiger partial charge in [0.15, 0.2) is 12.2 Å². The monoisotopic (exact) mass is 1490 g/mol. The van der Waals surface area contributed by atoms with E-state index in [1.165, 1.54) is 38.5 Å². The van der Waals surface area contributed by atoms with Crippen molar-refractivity contribution >= 4 is 39.5 Å². The maximum Gasteiger partial charge on any atom is 0.472 e. The Morgan fingerprint density at radius 3 is 0.865 bits per heavy atom. The summed E-state index contributed by atoms with van der Waals surface area (Å²) < 4.78 is 68.5. The van der Waals surface area contributed by atoms with E-state index < -0.39 is 97.5 Å². The molecule has 0 bridgehead atoms. The Bertz CT molecular complexity index is 2590. The quantitative estimate of drug-likeness (QED) is 0.0169. The number of esters is 4. The van der Waals surface area contributed by atoms with E-state index in [1.54, 1.807) is 0 Å². The second-order valence-electron chi connectivity index (χ2n) is 25.9. The first kappa shape index (κ1) is 98.7. The van der Waals surface area contributed by atoms with Gasteiger partial charge in [-0.1, -0.05) is 269 Å². The van der Waals surface area contributed by atoms with E-state index in [1.807, 2.05) is 12.2 Å². The summed E-state index contributed by atoms with van der Waals surface area (Å²) in [4.78, 5) is 73.0. The summed E-state index contributed by atoms with van der Waals surface area (Å²) in [5, 5.41) is 10.6. The second kappa shape index (κ2) is 75.9. The minimum Gasteiger partial charge on any atom is -0.462 e. The average molecular weight is 1500 g/mol. The minimum atomic E-state index is -5.00. The van der Waals surface area contributed by atoms with Crippen LogP contribution in [0.2, 0.25) is 0 Å². The first-order chi connectivity index (χ1) is 50.7. The smallest absolute Gasteiger partial charge is 0.462 e. The lowest BCUT2D eigenvalue weighted by atomic mass is 10.1. The molecule has 0 aromatic heterocycles. The minimum absolute atomic E-state index is 0.0608. The fourth-order valence-electron chi connectivity index (χ4n) is 9.96. The maximum absolute atomic E-state index is 13.1. The third-order valence-corrected chi connectivity index (χ3v) is 17.8. The van der Waals surface area contributed by atoms with Gasteiger partial charge in [0.05, 0.1) is 26.4 Å². The topological polar surface area (TPSA) is 237 Å². The van der Waals surface area contributed by atoms with Crippen LogP contribution in [-0.4, -0.2) is 96.7 Å². The van der Waals surface area contributed by atoms with E-state index in [0.717, 1.165) is 173 Å². The molecule has 592 valence electrons. The van der Waals surface area contributed by atoms with Crippen molar-refractivity contribution in [3.63, 3.8) is 0 Å². The fraction of sp³-hybridized carbons (Fsp3) is 0.647. The van der Waals surface area contributed by atoms with Gasteiger partial charge in [-0.05, 0) is 161 Å². The molecule has 0 radical (unpaired) electrons. The lowest BCUT2D eigenvalue weighted by Crippen LogP contribution is -2.30. The zero-order chi connectivity index (χ0) is 76.0. The van der Waals surface area contributed by atoms with Gasteiger partial charge in [0, 0.05) is 25.7 Å². The Morgan fingerprint density at radius 1 is 0.279 bits per heavy atom. The SMILES string of the molecule is CC/C=C\C/C=C\C/C=C\C/C=C\C/C=C\CCCCCC(=O)OCC(COP(=O)(O)OCC(O)COP(=O)(O)OCC(COC(=O)CCC/C=C\C/C=C\C/C=C\C/C=C\C/C=C\CC)OC(=O)CCCCCCC/C=C\C/C=C\CCC)OC(=O)CCCCCCC/C=C\CCCCCCCC. The van der Waals surface area contributed by atoms with E-state index in [0.29, 0.717) is 32.1 Å². The summed E-state index contributed by atoms with van der Waals surface area (Å²) >= 11 is 0. The lowest BCUT2D eigenvalue weighted by Gasteiger charge is -2.21. The first-order valence-electron chi connectivity index (χ1n) is 39.7. The Kier molecular flexibility index (Phi) is 72.0. The number of rotatable bonds is 73. The standard InChI is InChI=1S/C85H140O17P2/c1-5-9-13-17-21-25-29-33-36-38-39-41-44-47-50-54-58-62-66-70-83(88)96-76-81(102-85(90)72-68-64-60-56-52-48-42-35-31-27-23-19-15-11-7-3)78-100-104(93,94)98-74-79(86)73-97-103(91,92)99-77-80(101-84(89)71-67-63-59-55-51-45-32-28-24-20-16-12-8-4)75-95-82(87)69-65-61-57-53-49-46-43-40-37-34-30-26-22-18-14-10-6-2/h9-10,13-14,16,20-22,25-26,28,32-37,39,41-43,46-47,50,53,57,79-81,86H,5-8,11-12,15,17-19,23-24,27,29-31,38,40,44-45,48-49,51-52,54-56,58-78H2,1-4H3,(H,91,92)(H,93,94)/b13-9-,14-10-,20-16-,25-21-,26-22-,32-28-,36-33-,37-34-,41-39-,42-35-,46-43-,50-47-,57-53-. The van der Waals surface area contributed by atoms with Crippen LogP contribution in [0.3, 0.4) is 0 Å². The van der Waals surface area contributed by atoms with E-state index in [9.17, 15) is 43.2 Å². The molecule has 0 fully saturated rings. The molecule has 0 saturated heterocycles. The van der Waals surface area contributed by atoms with Gasteiger partial charge >= 0.3 is 39.5 Å². The summed E-state index contributed by atoms with van der Waals surface area (Å²) in [5.41, 5.74) is 0. The number of allylic oxidation sites excluding steroid dienone is 26. The molecular formula is C85H140O17P2.